The molecule has 126 valence electrons. The summed E-state index contributed by atoms with van der Waals surface area (Å²) in [4.78, 5) is 20.8. The number of carboxylic acids is 1. The molecular weight excluding hydrogens is 316 g/mol. The number of aliphatic imine (C=N–C) groups is 2. The Morgan fingerprint density at radius 2 is 2.08 bits per heavy atom. The van der Waals surface area contributed by atoms with Crippen molar-refractivity contribution in [2.24, 2.45) is 9.98 Å². The van der Waals surface area contributed by atoms with Crippen molar-refractivity contribution >= 4 is 18.0 Å². The van der Waals surface area contributed by atoms with Crippen LogP contribution in [0.15, 0.2) is 58.4 Å². The van der Waals surface area contributed by atoms with Crippen LogP contribution in [-0.4, -0.2) is 47.7 Å². The number of carboxylic acid groups (broad SMARTS) is 1. The number of halogens is 2. The zero-order valence-corrected chi connectivity index (χ0v) is 13.1. The Hall–Kier alpha value is -2.83. The normalized spacial score (nSPS) is 17.4. The Kier molecular flexibility index (Phi) is 5.57. The highest BCUT2D eigenvalue weighted by atomic mass is 19.1. The second-order valence-electron chi connectivity index (χ2n) is 5.30. The van der Waals surface area contributed by atoms with E-state index < -0.39 is 23.7 Å². The van der Waals surface area contributed by atoms with E-state index in [0.29, 0.717) is 23.5 Å². The lowest BCUT2D eigenvalue weighted by Gasteiger charge is -2.21. The van der Waals surface area contributed by atoms with Crippen molar-refractivity contribution < 1.29 is 18.7 Å². The van der Waals surface area contributed by atoms with Crippen molar-refractivity contribution in [2.45, 2.75) is 12.5 Å². The summed E-state index contributed by atoms with van der Waals surface area (Å²) in [7, 11) is 1.56. The molecule has 1 heterocycles. The van der Waals surface area contributed by atoms with Gasteiger partial charge in [0.25, 0.3) is 0 Å². The highest BCUT2D eigenvalue weighted by Gasteiger charge is 2.17. The SMILES string of the molecule is C=C(N=C(c1ccc(F)cc1)N(C)CC(=O)O)C1CC=C(F)C=N1. The minimum absolute atomic E-state index is 0.286. The molecule has 0 fully saturated rings. The third kappa shape index (κ3) is 4.58. The van der Waals surface area contributed by atoms with Crippen LogP contribution in [0.25, 0.3) is 0 Å². The summed E-state index contributed by atoms with van der Waals surface area (Å²) in [6.07, 6.45) is 2.81. The van der Waals surface area contributed by atoms with Gasteiger partial charge < -0.3 is 10.0 Å². The van der Waals surface area contributed by atoms with Gasteiger partial charge in [0, 0.05) is 12.6 Å². The number of carbonyl (C=O) groups is 1. The topological polar surface area (TPSA) is 65.3 Å². The molecule has 0 bridgehead atoms. The monoisotopic (exact) mass is 333 g/mol. The fourth-order valence-electron chi connectivity index (χ4n) is 2.18. The Bertz CT molecular complexity index is 724. The summed E-state index contributed by atoms with van der Waals surface area (Å²) >= 11 is 0. The number of allylic oxidation sites excluding steroid dienone is 1. The van der Waals surface area contributed by atoms with Gasteiger partial charge in [0.05, 0.1) is 18.0 Å². The van der Waals surface area contributed by atoms with E-state index in [-0.39, 0.29) is 6.54 Å². The minimum Gasteiger partial charge on any atom is -0.480 e. The second kappa shape index (κ2) is 7.63. The highest BCUT2D eigenvalue weighted by Crippen LogP contribution is 2.19. The molecule has 0 spiro atoms. The Labute approximate surface area is 138 Å². The zero-order chi connectivity index (χ0) is 17.7. The van der Waals surface area contributed by atoms with Gasteiger partial charge in [-0.1, -0.05) is 6.58 Å². The van der Waals surface area contributed by atoms with Gasteiger partial charge in [-0.3, -0.25) is 9.79 Å². The summed E-state index contributed by atoms with van der Waals surface area (Å²) in [5.74, 6) is -1.52. The van der Waals surface area contributed by atoms with Crippen LogP contribution >= 0.6 is 0 Å². The number of dihydropyridines is 1. The van der Waals surface area contributed by atoms with E-state index in [0.717, 1.165) is 6.21 Å². The van der Waals surface area contributed by atoms with Gasteiger partial charge in [-0.05, 0) is 36.8 Å². The third-order valence-corrected chi connectivity index (χ3v) is 3.38. The maximum atomic E-state index is 13.1. The number of likely N-dealkylation sites (N-methyl/N-ethyl adjacent to an activating group) is 1. The fourth-order valence-corrected chi connectivity index (χ4v) is 2.18. The van der Waals surface area contributed by atoms with E-state index >= 15 is 0 Å². The van der Waals surface area contributed by atoms with Gasteiger partial charge in [0.15, 0.2) is 0 Å². The summed E-state index contributed by atoms with van der Waals surface area (Å²) in [6.45, 7) is 3.56. The van der Waals surface area contributed by atoms with Crippen molar-refractivity contribution in [1.82, 2.24) is 4.90 Å². The first-order chi connectivity index (χ1) is 11.4. The molecule has 7 heteroatoms. The zero-order valence-electron chi connectivity index (χ0n) is 13.1. The number of nitrogens with zero attached hydrogens (tertiary/aromatic N) is 3. The second-order valence-corrected chi connectivity index (χ2v) is 5.30. The predicted molar refractivity (Wildman–Crippen MR) is 88.4 cm³/mol. The van der Waals surface area contributed by atoms with Crippen LogP contribution in [-0.2, 0) is 4.79 Å². The number of benzene rings is 1. The van der Waals surface area contributed by atoms with Crippen LogP contribution in [0.1, 0.15) is 12.0 Å². The lowest BCUT2D eigenvalue weighted by atomic mass is 10.1. The molecule has 1 atom stereocenters. The first kappa shape index (κ1) is 17.5. The van der Waals surface area contributed by atoms with Crippen molar-refractivity contribution in [3.8, 4) is 0 Å². The fraction of sp³-hybridized carbons (Fsp3) is 0.235. The number of rotatable bonds is 5. The third-order valence-electron chi connectivity index (χ3n) is 3.38. The molecule has 0 saturated carbocycles. The number of amidine groups is 1. The average Bonchev–Trinajstić information content (AvgIpc) is 2.53. The molecule has 24 heavy (non-hydrogen) atoms. The van der Waals surface area contributed by atoms with E-state index in [2.05, 4.69) is 16.6 Å². The molecule has 1 unspecified atom stereocenters. The molecule has 1 N–H and O–H groups in total. The Morgan fingerprint density at radius 1 is 1.42 bits per heavy atom. The standard InChI is InChI=1S/C17H17F2N3O2/c1-11(15-8-7-14(19)9-20-15)21-17(22(2)10-16(23)24)12-3-5-13(18)6-4-12/h3-7,9,15H,1,8,10H2,2H3,(H,23,24). The molecule has 1 aromatic rings. The van der Waals surface area contributed by atoms with Crippen LogP contribution < -0.4 is 0 Å². The van der Waals surface area contributed by atoms with E-state index in [9.17, 15) is 13.6 Å². The molecule has 1 aromatic carbocycles. The summed E-state index contributed by atoms with van der Waals surface area (Å²) in [5, 5.41) is 8.98. The first-order valence-corrected chi connectivity index (χ1v) is 7.22. The minimum atomic E-state index is -1.03. The van der Waals surface area contributed by atoms with Crippen LogP contribution in [0.3, 0.4) is 0 Å². The molecule has 5 nitrogen and oxygen atoms in total. The quantitative estimate of drug-likeness (QED) is 0.666. The van der Waals surface area contributed by atoms with Crippen molar-refractivity contribution in [2.75, 3.05) is 13.6 Å². The Balaban J connectivity index is 2.30. The van der Waals surface area contributed by atoms with Gasteiger partial charge in [-0.2, -0.15) is 0 Å². The number of hydrogen-bond acceptors (Lipinski definition) is 3. The summed E-state index contributed by atoms with van der Waals surface area (Å²) in [6, 6.07) is 5.11. The molecule has 0 amide bonds. The summed E-state index contributed by atoms with van der Waals surface area (Å²) < 4.78 is 26.1. The smallest absolute Gasteiger partial charge is 0.323 e. The van der Waals surface area contributed by atoms with E-state index in [1.54, 1.807) is 7.05 Å². The maximum absolute atomic E-state index is 13.1. The largest absolute Gasteiger partial charge is 0.480 e. The van der Waals surface area contributed by atoms with Crippen molar-refractivity contribution in [3.63, 3.8) is 0 Å². The molecule has 1 aliphatic rings. The molecular formula is C17H17F2N3O2. The van der Waals surface area contributed by atoms with Gasteiger partial charge in [0.2, 0.25) is 0 Å². The molecule has 1 aliphatic heterocycles. The number of aliphatic carboxylic acids is 1. The van der Waals surface area contributed by atoms with Gasteiger partial charge in [-0.25, -0.2) is 13.8 Å². The average molecular weight is 333 g/mol. The molecule has 0 saturated heterocycles. The molecule has 0 aromatic heterocycles. The van der Waals surface area contributed by atoms with E-state index in [1.807, 2.05) is 0 Å². The van der Waals surface area contributed by atoms with Crippen molar-refractivity contribution in [1.29, 1.82) is 0 Å². The number of hydrogen-bond donors (Lipinski definition) is 1. The first-order valence-electron chi connectivity index (χ1n) is 7.22. The molecule has 2 rings (SSSR count). The van der Waals surface area contributed by atoms with Gasteiger partial charge >= 0.3 is 5.97 Å². The molecule has 0 aliphatic carbocycles. The van der Waals surface area contributed by atoms with E-state index in [1.165, 1.54) is 35.2 Å². The van der Waals surface area contributed by atoms with Crippen LogP contribution in [0, 0.1) is 5.82 Å². The van der Waals surface area contributed by atoms with Crippen LogP contribution in [0.5, 0.6) is 0 Å². The van der Waals surface area contributed by atoms with Crippen LogP contribution in [0.2, 0.25) is 0 Å². The van der Waals surface area contributed by atoms with Crippen molar-refractivity contribution in [3.05, 3.63) is 59.8 Å². The predicted octanol–water partition coefficient (Wildman–Crippen LogP) is 2.80. The van der Waals surface area contributed by atoms with Crippen LogP contribution in [0.4, 0.5) is 8.78 Å². The lowest BCUT2D eigenvalue weighted by Crippen LogP contribution is -2.33. The molecule has 0 radical (unpaired) electrons. The maximum Gasteiger partial charge on any atom is 0.323 e. The highest BCUT2D eigenvalue weighted by molar-refractivity contribution is 6.00. The Morgan fingerprint density at radius 3 is 2.62 bits per heavy atom. The lowest BCUT2D eigenvalue weighted by molar-refractivity contribution is -0.137. The van der Waals surface area contributed by atoms with Gasteiger partial charge in [0.1, 0.15) is 24.0 Å². The summed E-state index contributed by atoms with van der Waals surface area (Å²) in [5.41, 5.74) is 0.911. The van der Waals surface area contributed by atoms with Gasteiger partial charge in [-0.15, -0.1) is 0 Å². The van der Waals surface area contributed by atoms with E-state index in [4.69, 9.17) is 5.11 Å².